The van der Waals surface area contributed by atoms with Crippen LogP contribution in [0.1, 0.15) is 54.2 Å². The van der Waals surface area contributed by atoms with Crippen molar-refractivity contribution >= 4 is 23.5 Å². The summed E-state index contributed by atoms with van der Waals surface area (Å²) in [7, 11) is 3.87. The van der Waals surface area contributed by atoms with Gasteiger partial charge in [-0.1, -0.05) is 49.4 Å². The van der Waals surface area contributed by atoms with Gasteiger partial charge in [-0.15, -0.1) is 0 Å². The summed E-state index contributed by atoms with van der Waals surface area (Å²) in [6.07, 6.45) is 4.57. The summed E-state index contributed by atoms with van der Waals surface area (Å²) in [6, 6.07) is 14.4. The van der Waals surface area contributed by atoms with Crippen molar-refractivity contribution in [1.82, 2.24) is 4.90 Å². The highest BCUT2D eigenvalue weighted by atomic mass is 16.2. The zero-order valence-electron chi connectivity index (χ0n) is 17.1. The van der Waals surface area contributed by atoms with Crippen LogP contribution < -0.4 is 4.90 Å². The number of carbonyl (C=O) groups excluding carboxylic acids is 2. The molecule has 4 heteroatoms. The van der Waals surface area contributed by atoms with Gasteiger partial charge in [0, 0.05) is 25.0 Å². The number of Topliss-reactive ketones (excluding diaryl/α,β-unsaturated/α-hetero) is 1. The molecular weight excluding hydrogens is 348 g/mol. The standard InChI is InChI=1S/C24H26N2O2/c1-23(2)15-24(3,17-9-7-6-8-10-17)18-12-11-16(13-14-25(4)5)19-20(18)26(23)22(28)21(19)27/h6-14H,15H2,1-5H3/b14-13+/t24-/m0/s1. The van der Waals surface area contributed by atoms with Crippen LogP contribution >= 0.6 is 0 Å². The third-order valence-electron chi connectivity index (χ3n) is 6.01. The number of amides is 1. The van der Waals surface area contributed by atoms with Gasteiger partial charge in [0.2, 0.25) is 0 Å². The van der Waals surface area contributed by atoms with E-state index < -0.39 is 17.2 Å². The summed E-state index contributed by atoms with van der Waals surface area (Å²) in [5.74, 6) is -0.817. The first-order valence-corrected chi connectivity index (χ1v) is 9.63. The van der Waals surface area contributed by atoms with Crippen LogP contribution in [0, 0.1) is 0 Å². The molecule has 4 nitrogen and oxygen atoms in total. The van der Waals surface area contributed by atoms with E-state index in [4.69, 9.17) is 0 Å². The third kappa shape index (κ3) is 2.51. The molecule has 2 aliphatic heterocycles. The highest BCUT2D eigenvalue weighted by Crippen LogP contribution is 2.54. The first-order valence-electron chi connectivity index (χ1n) is 9.63. The van der Waals surface area contributed by atoms with E-state index >= 15 is 0 Å². The van der Waals surface area contributed by atoms with Crippen LogP contribution in [0.5, 0.6) is 0 Å². The second-order valence-electron chi connectivity index (χ2n) is 8.86. The molecule has 0 saturated heterocycles. The van der Waals surface area contributed by atoms with Crippen molar-refractivity contribution < 1.29 is 9.59 Å². The average Bonchev–Trinajstić information content (AvgIpc) is 2.91. The quantitative estimate of drug-likeness (QED) is 0.755. The molecule has 2 aromatic carbocycles. The summed E-state index contributed by atoms with van der Waals surface area (Å²) >= 11 is 0. The monoisotopic (exact) mass is 374 g/mol. The van der Waals surface area contributed by atoms with Crippen LogP contribution in [0.4, 0.5) is 5.69 Å². The van der Waals surface area contributed by atoms with Gasteiger partial charge in [-0.25, -0.2) is 0 Å². The summed E-state index contributed by atoms with van der Waals surface area (Å²) < 4.78 is 0. The summed E-state index contributed by atoms with van der Waals surface area (Å²) in [6.45, 7) is 6.33. The van der Waals surface area contributed by atoms with Crippen LogP contribution in [0.2, 0.25) is 0 Å². The number of carbonyl (C=O) groups is 2. The molecule has 1 amide bonds. The molecule has 4 rings (SSSR count). The lowest BCUT2D eigenvalue weighted by Crippen LogP contribution is -2.54. The Bertz CT molecular complexity index is 1000. The predicted molar refractivity (Wildman–Crippen MR) is 113 cm³/mol. The average molecular weight is 374 g/mol. The second kappa shape index (κ2) is 6.06. The Morgan fingerprint density at radius 3 is 2.32 bits per heavy atom. The van der Waals surface area contributed by atoms with Crippen molar-refractivity contribution in [3.05, 3.63) is 70.9 Å². The van der Waals surface area contributed by atoms with Gasteiger partial charge in [0.05, 0.1) is 11.3 Å². The molecule has 0 saturated carbocycles. The highest BCUT2D eigenvalue weighted by Gasteiger charge is 2.54. The lowest BCUT2D eigenvalue weighted by atomic mass is 9.65. The van der Waals surface area contributed by atoms with E-state index in [1.807, 2.05) is 55.5 Å². The minimum absolute atomic E-state index is 0.278. The molecule has 2 aromatic rings. The maximum atomic E-state index is 13.0. The van der Waals surface area contributed by atoms with Crippen molar-refractivity contribution in [2.75, 3.05) is 19.0 Å². The van der Waals surface area contributed by atoms with Crippen LogP contribution in [0.3, 0.4) is 0 Å². The molecule has 28 heavy (non-hydrogen) atoms. The van der Waals surface area contributed by atoms with E-state index in [9.17, 15) is 9.59 Å². The Morgan fingerprint density at radius 1 is 1.00 bits per heavy atom. The molecule has 0 N–H and O–H groups in total. The zero-order valence-corrected chi connectivity index (χ0v) is 17.1. The van der Waals surface area contributed by atoms with E-state index in [1.165, 1.54) is 5.56 Å². The number of nitrogens with zero attached hydrogens (tertiary/aromatic N) is 2. The highest BCUT2D eigenvalue weighted by molar-refractivity contribution is 6.53. The first kappa shape index (κ1) is 18.5. The fourth-order valence-corrected chi connectivity index (χ4v) is 4.88. The summed E-state index contributed by atoms with van der Waals surface area (Å²) in [5.41, 5.74) is 3.64. The number of benzene rings is 2. The smallest absolute Gasteiger partial charge is 0.300 e. The molecule has 0 radical (unpaired) electrons. The molecule has 0 bridgehead atoms. The number of hydrogen-bond acceptors (Lipinski definition) is 3. The maximum absolute atomic E-state index is 13.0. The van der Waals surface area contributed by atoms with Gasteiger partial charge in [-0.2, -0.15) is 0 Å². The number of ketones is 1. The van der Waals surface area contributed by atoms with Gasteiger partial charge < -0.3 is 4.90 Å². The normalized spacial score (nSPS) is 22.7. The number of rotatable bonds is 3. The summed E-state index contributed by atoms with van der Waals surface area (Å²) in [4.78, 5) is 29.6. The van der Waals surface area contributed by atoms with Crippen LogP contribution in [0.15, 0.2) is 48.7 Å². The lowest BCUT2D eigenvalue weighted by Gasteiger charge is -2.49. The van der Waals surface area contributed by atoms with Crippen LogP contribution in [-0.4, -0.2) is 36.2 Å². The van der Waals surface area contributed by atoms with Gasteiger partial charge in [0.25, 0.3) is 11.7 Å². The van der Waals surface area contributed by atoms with E-state index in [0.29, 0.717) is 5.56 Å². The molecule has 0 unspecified atom stereocenters. The van der Waals surface area contributed by atoms with Gasteiger partial charge in [0.15, 0.2) is 0 Å². The Hall–Kier alpha value is -2.88. The van der Waals surface area contributed by atoms with Crippen LogP contribution in [0.25, 0.3) is 6.08 Å². The van der Waals surface area contributed by atoms with Gasteiger partial charge in [0.1, 0.15) is 0 Å². The van der Waals surface area contributed by atoms with Crippen molar-refractivity contribution in [2.24, 2.45) is 0 Å². The topological polar surface area (TPSA) is 40.6 Å². The molecule has 0 aromatic heterocycles. The van der Waals surface area contributed by atoms with Crippen molar-refractivity contribution in [3.8, 4) is 0 Å². The maximum Gasteiger partial charge on any atom is 0.300 e. The Labute approximate surface area is 166 Å². The number of anilines is 1. The predicted octanol–water partition coefficient (Wildman–Crippen LogP) is 4.24. The molecular formula is C24H26N2O2. The largest absolute Gasteiger partial charge is 0.383 e. The molecule has 0 aliphatic carbocycles. The van der Waals surface area contributed by atoms with E-state index in [2.05, 4.69) is 39.0 Å². The second-order valence-corrected chi connectivity index (χ2v) is 8.86. The van der Waals surface area contributed by atoms with Gasteiger partial charge >= 0.3 is 0 Å². The molecule has 2 heterocycles. The molecule has 2 aliphatic rings. The van der Waals surface area contributed by atoms with Crippen molar-refractivity contribution in [3.63, 3.8) is 0 Å². The van der Waals surface area contributed by atoms with Crippen molar-refractivity contribution in [1.29, 1.82) is 0 Å². The number of hydrogen-bond donors (Lipinski definition) is 0. The zero-order chi connectivity index (χ0) is 20.3. The Morgan fingerprint density at radius 2 is 1.68 bits per heavy atom. The van der Waals surface area contributed by atoms with E-state index in [-0.39, 0.29) is 5.41 Å². The van der Waals surface area contributed by atoms with Crippen molar-refractivity contribution in [2.45, 2.75) is 38.1 Å². The van der Waals surface area contributed by atoms with E-state index in [0.717, 1.165) is 23.2 Å². The minimum Gasteiger partial charge on any atom is -0.383 e. The van der Waals surface area contributed by atoms with Gasteiger partial charge in [-0.05, 0) is 49.2 Å². The fraction of sp³-hybridized carbons (Fsp3) is 0.333. The van der Waals surface area contributed by atoms with Gasteiger partial charge in [-0.3, -0.25) is 14.5 Å². The molecule has 0 spiro atoms. The Kier molecular flexibility index (Phi) is 4.00. The molecule has 1 atom stereocenters. The van der Waals surface area contributed by atoms with Crippen LogP contribution in [-0.2, 0) is 10.2 Å². The molecule has 144 valence electrons. The van der Waals surface area contributed by atoms with E-state index in [1.54, 1.807) is 4.90 Å². The molecule has 0 fully saturated rings. The SMILES string of the molecule is CN(C)/C=C/c1ccc2c3c1C(=O)C(=O)N3C(C)(C)C[C@@]2(C)c1ccccc1. The summed E-state index contributed by atoms with van der Waals surface area (Å²) in [5, 5.41) is 0. The fourth-order valence-electron chi connectivity index (χ4n) is 4.88. The third-order valence-corrected chi connectivity index (χ3v) is 6.01. The first-order chi connectivity index (χ1) is 13.2. The lowest BCUT2D eigenvalue weighted by molar-refractivity contribution is -0.115. The minimum atomic E-state index is -0.459. The Balaban J connectivity index is 2.03.